The monoisotopic (exact) mass is 472 g/mol. The van der Waals surface area contributed by atoms with Crippen LogP contribution >= 0.6 is 0 Å². The van der Waals surface area contributed by atoms with Gasteiger partial charge >= 0.3 is 11.9 Å². The molecule has 0 radical (unpaired) electrons. The number of carbonyl (C=O) groups is 5. The van der Waals surface area contributed by atoms with Crippen LogP contribution in [0.4, 0.5) is 0 Å². The van der Waals surface area contributed by atoms with E-state index in [9.17, 15) is 29.1 Å². The molecule has 4 rings (SSSR count). The van der Waals surface area contributed by atoms with E-state index in [1.54, 1.807) is 13.8 Å². The van der Waals surface area contributed by atoms with Gasteiger partial charge in [0.1, 0.15) is 11.2 Å². The van der Waals surface area contributed by atoms with Crippen LogP contribution < -0.4 is 0 Å². The molecule has 0 aromatic rings. The highest BCUT2D eigenvalue weighted by atomic mass is 16.6. The molecule has 2 saturated carbocycles. The van der Waals surface area contributed by atoms with Crippen molar-refractivity contribution in [1.82, 2.24) is 0 Å². The van der Waals surface area contributed by atoms with Crippen LogP contribution in [-0.4, -0.2) is 47.6 Å². The summed E-state index contributed by atoms with van der Waals surface area (Å²) in [6.07, 6.45) is -0.646. The van der Waals surface area contributed by atoms with Crippen LogP contribution in [-0.2, 0) is 33.4 Å². The Bertz CT molecular complexity index is 1130. The minimum absolute atomic E-state index is 0.101. The summed E-state index contributed by atoms with van der Waals surface area (Å²) < 4.78 is 10.5. The number of methoxy groups -OCH3 is 1. The molecule has 0 amide bonds. The standard InChI is InChI=1S/C26H32O8/c1-12-11-14-23(5)10-9-15(27)22(3,4)17(23)16(28)19(30)25(14,7)26(21(32)33-8)18(29)13(2)34-20(31)24(12,26)6/h13-14,28H,1,9-11H2,2-8H3/t13-,14-,23-,24-,25+,26+/m1/s1. The van der Waals surface area contributed by atoms with Gasteiger partial charge in [-0.05, 0) is 57.4 Å². The number of aliphatic hydroxyl groups is 1. The average molecular weight is 473 g/mol. The zero-order chi connectivity index (χ0) is 25.8. The van der Waals surface area contributed by atoms with Crippen molar-refractivity contribution in [2.24, 2.45) is 33.0 Å². The molecule has 4 aliphatic rings. The second-order valence-electron chi connectivity index (χ2n) is 11.4. The molecule has 6 atom stereocenters. The van der Waals surface area contributed by atoms with Gasteiger partial charge in [0.2, 0.25) is 5.78 Å². The van der Waals surface area contributed by atoms with Crippen LogP contribution in [0.15, 0.2) is 23.5 Å². The van der Waals surface area contributed by atoms with E-state index in [0.717, 1.165) is 7.11 Å². The first-order valence-electron chi connectivity index (χ1n) is 11.6. The Balaban J connectivity index is 2.18. The molecular formula is C26H32O8. The Morgan fingerprint density at radius 2 is 1.71 bits per heavy atom. The van der Waals surface area contributed by atoms with E-state index in [1.807, 2.05) is 6.92 Å². The van der Waals surface area contributed by atoms with E-state index in [2.05, 4.69) is 6.58 Å². The summed E-state index contributed by atoms with van der Waals surface area (Å²) in [7, 11) is 1.10. The predicted molar refractivity (Wildman–Crippen MR) is 119 cm³/mol. The normalized spacial score (nSPS) is 43.6. The highest BCUT2D eigenvalue weighted by Crippen LogP contribution is 2.74. The van der Waals surface area contributed by atoms with Crippen LogP contribution in [0.5, 0.6) is 0 Å². The number of aliphatic hydroxyl groups excluding tert-OH is 1. The summed E-state index contributed by atoms with van der Waals surface area (Å²) in [5.41, 5.74) is -7.45. The smallest absolute Gasteiger partial charge is 0.322 e. The number of ketones is 3. The van der Waals surface area contributed by atoms with Crippen LogP contribution in [0.3, 0.4) is 0 Å². The van der Waals surface area contributed by atoms with E-state index in [1.165, 1.54) is 20.8 Å². The van der Waals surface area contributed by atoms with Crippen LogP contribution in [0, 0.1) is 33.0 Å². The Hall–Kier alpha value is -2.77. The largest absolute Gasteiger partial charge is 0.504 e. The van der Waals surface area contributed by atoms with E-state index in [0.29, 0.717) is 12.0 Å². The number of fused-ring (bicyclic) bond motifs is 5. The fraction of sp³-hybridized carbons (Fsp3) is 0.654. The number of carbonyl (C=O) groups excluding carboxylic acids is 5. The summed E-state index contributed by atoms with van der Waals surface area (Å²) in [4.78, 5) is 68.2. The first kappa shape index (κ1) is 24.4. The van der Waals surface area contributed by atoms with Crippen LogP contribution in [0.2, 0.25) is 0 Å². The molecule has 34 heavy (non-hydrogen) atoms. The molecule has 8 heteroatoms. The lowest BCUT2D eigenvalue weighted by atomic mass is 9.32. The second kappa shape index (κ2) is 6.67. The molecule has 3 aliphatic carbocycles. The van der Waals surface area contributed by atoms with Crippen molar-refractivity contribution in [2.45, 2.75) is 66.9 Å². The van der Waals surface area contributed by atoms with Crippen molar-refractivity contribution in [3.8, 4) is 0 Å². The third-order valence-corrected chi connectivity index (χ3v) is 9.76. The third-order valence-electron chi connectivity index (χ3n) is 9.76. The second-order valence-corrected chi connectivity index (χ2v) is 11.4. The van der Waals surface area contributed by atoms with Gasteiger partial charge in [-0.15, -0.1) is 0 Å². The number of hydrogen-bond donors (Lipinski definition) is 1. The van der Waals surface area contributed by atoms with Crippen molar-refractivity contribution in [2.75, 3.05) is 7.11 Å². The van der Waals surface area contributed by atoms with Crippen LogP contribution in [0.1, 0.15) is 60.8 Å². The Labute approximate surface area is 198 Å². The van der Waals surface area contributed by atoms with E-state index >= 15 is 0 Å². The maximum Gasteiger partial charge on any atom is 0.322 e. The maximum absolute atomic E-state index is 14.2. The zero-order valence-electron chi connectivity index (χ0n) is 20.8. The summed E-state index contributed by atoms with van der Waals surface area (Å²) in [5.74, 6) is -4.88. The van der Waals surface area contributed by atoms with Gasteiger partial charge in [0.25, 0.3) is 0 Å². The molecule has 1 saturated heterocycles. The van der Waals surface area contributed by atoms with E-state index in [-0.39, 0.29) is 24.2 Å². The number of cyclic esters (lactones) is 1. The van der Waals surface area contributed by atoms with Crippen LogP contribution in [0.25, 0.3) is 0 Å². The molecule has 0 aromatic carbocycles. The molecule has 0 aromatic heterocycles. The van der Waals surface area contributed by atoms with Crippen molar-refractivity contribution < 1.29 is 38.6 Å². The minimum Gasteiger partial charge on any atom is -0.504 e. The molecule has 8 nitrogen and oxygen atoms in total. The fourth-order valence-corrected chi connectivity index (χ4v) is 7.94. The topological polar surface area (TPSA) is 124 Å². The molecule has 0 spiro atoms. The quantitative estimate of drug-likeness (QED) is 0.351. The highest BCUT2D eigenvalue weighted by Gasteiger charge is 2.84. The number of allylic oxidation sites excluding steroid dienone is 2. The highest BCUT2D eigenvalue weighted by molar-refractivity contribution is 6.20. The lowest BCUT2D eigenvalue weighted by molar-refractivity contribution is -0.224. The van der Waals surface area contributed by atoms with Gasteiger partial charge in [-0.3, -0.25) is 24.0 Å². The van der Waals surface area contributed by atoms with Gasteiger partial charge in [0, 0.05) is 11.8 Å². The average Bonchev–Trinajstić information content (AvgIpc) is 2.76. The molecule has 0 unspecified atom stereocenters. The molecule has 1 aliphatic heterocycles. The van der Waals surface area contributed by atoms with Crippen molar-refractivity contribution in [3.05, 3.63) is 23.5 Å². The summed E-state index contributed by atoms with van der Waals surface area (Å²) in [6.45, 7) is 13.6. The number of rotatable bonds is 1. The van der Waals surface area contributed by atoms with Gasteiger partial charge < -0.3 is 14.6 Å². The third kappa shape index (κ3) is 2.19. The molecule has 1 N–H and O–H groups in total. The van der Waals surface area contributed by atoms with E-state index in [4.69, 9.17) is 9.47 Å². The summed E-state index contributed by atoms with van der Waals surface area (Å²) in [6, 6.07) is 0. The van der Waals surface area contributed by atoms with Gasteiger partial charge in [-0.2, -0.15) is 0 Å². The molecule has 3 fully saturated rings. The number of Topliss-reactive ketones (excluding diaryl/α,β-unsaturated/α-hetero) is 3. The zero-order valence-corrected chi connectivity index (χ0v) is 20.8. The number of hydrogen-bond acceptors (Lipinski definition) is 8. The lowest BCUT2D eigenvalue weighted by Crippen LogP contribution is -2.77. The Kier molecular flexibility index (Phi) is 4.78. The fourth-order valence-electron chi connectivity index (χ4n) is 7.94. The van der Waals surface area contributed by atoms with E-state index < -0.39 is 68.4 Å². The number of ether oxygens (including phenoxy) is 2. The van der Waals surface area contributed by atoms with Gasteiger partial charge in [-0.25, -0.2) is 0 Å². The van der Waals surface area contributed by atoms with Gasteiger partial charge in [-0.1, -0.05) is 26.0 Å². The SMILES string of the molecule is C=C1C[C@@H]2[C@@]3(C)CCC(=O)C(C)(C)C3=C(O)C(=O)[C@@]2(C)[C@]2(C(=O)OC)C(=O)[C@@H](C)OC(=O)[C@@]12C. The lowest BCUT2D eigenvalue weighted by Gasteiger charge is -2.67. The first-order chi connectivity index (χ1) is 15.5. The maximum atomic E-state index is 14.2. The van der Waals surface area contributed by atoms with Crippen molar-refractivity contribution in [1.29, 1.82) is 0 Å². The molecular weight excluding hydrogens is 440 g/mol. The Morgan fingerprint density at radius 1 is 1.12 bits per heavy atom. The Morgan fingerprint density at radius 3 is 2.26 bits per heavy atom. The minimum atomic E-state index is -2.30. The van der Waals surface area contributed by atoms with Gasteiger partial charge in [0.05, 0.1) is 12.5 Å². The van der Waals surface area contributed by atoms with Crippen molar-refractivity contribution in [3.63, 3.8) is 0 Å². The molecule has 184 valence electrons. The first-order valence-corrected chi connectivity index (χ1v) is 11.6. The van der Waals surface area contributed by atoms with Gasteiger partial charge in [0.15, 0.2) is 23.1 Å². The summed E-state index contributed by atoms with van der Waals surface area (Å²) in [5, 5.41) is 11.4. The predicted octanol–water partition coefficient (Wildman–Crippen LogP) is 3.04. The van der Waals surface area contributed by atoms with Crippen molar-refractivity contribution >= 4 is 29.3 Å². The molecule has 0 bridgehead atoms. The molecule has 1 heterocycles. The number of esters is 2. The summed E-state index contributed by atoms with van der Waals surface area (Å²) >= 11 is 0.